The highest BCUT2D eigenvalue weighted by atomic mass is 127. The predicted molar refractivity (Wildman–Crippen MR) is 49.4 cm³/mol. The summed E-state index contributed by atoms with van der Waals surface area (Å²) in [6.45, 7) is 9.00. The molecule has 0 rings (SSSR count). The van der Waals surface area contributed by atoms with E-state index in [0.717, 1.165) is 8.58 Å². The zero-order valence-electron chi connectivity index (χ0n) is 5.41. The van der Waals surface area contributed by atoms with Gasteiger partial charge in [-0.15, -0.1) is 32.6 Å². The fraction of sp³-hybridized carbons (Fsp3) is 1.00. The highest BCUT2D eigenvalue weighted by Gasteiger charge is 2.03. The fourth-order valence-corrected chi connectivity index (χ4v) is 0. The van der Waals surface area contributed by atoms with Crippen molar-refractivity contribution in [2.75, 3.05) is 6.66 Å². The van der Waals surface area contributed by atoms with Crippen molar-refractivity contribution in [1.29, 1.82) is 0 Å². The Hall–Kier alpha value is 1.16. The molecule has 0 aliphatic rings. The van der Waals surface area contributed by atoms with Gasteiger partial charge in [-0.1, -0.05) is 20.8 Å². The molecule has 0 radical (unpaired) electrons. The molecule has 7 heavy (non-hydrogen) atoms. The van der Waals surface area contributed by atoms with Gasteiger partial charge in [0.05, 0.1) is 0 Å². The molecule has 0 aliphatic heterocycles. The third-order valence-electron chi connectivity index (χ3n) is 0.750. The monoisotopic (exact) mass is 232 g/mol. The molecule has 0 amide bonds. The van der Waals surface area contributed by atoms with Gasteiger partial charge in [-0.25, -0.2) is 0 Å². The fourth-order valence-electron chi connectivity index (χ4n) is 0. The van der Waals surface area contributed by atoms with E-state index in [9.17, 15) is 0 Å². The lowest BCUT2D eigenvalue weighted by molar-refractivity contribution is 0.797. The second-order valence-electron chi connectivity index (χ2n) is 2.50. The second-order valence-corrected chi connectivity index (χ2v) is 4.50. The first-order chi connectivity index (χ1) is 2.56. The normalized spacial score (nSPS) is 12.0. The number of hydrogen-bond acceptors (Lipinski definition) is 0. The summed E-state index contributed by atoms with van der Waals surface area (Å²) in [5.41, 5.74) is 0. The van der Waals surface area contributed by atoms with Gasteiger partial charge in [0.25, 0.3) is 0 Å². The van der Waals surface area contributed by atoms with Gasteiger partial charge in [-0.05, 0) is 11.8 Å². The van der Waals surface area contributed by atoms with Gasteiger partial charge in [0.1, 0.15) is 0 Å². The summed E-state index contributed by atoms with van der Waals surface area (Å²) in [6.07, 6.45) is 0. The Morgan fingerprint density at radius 1 is 1.14 bits per heavy atom. The maximum Gasteiger partial charge on any atom is -0.0209 e. The van der Waals surface area contributed by atoms with Gasteiger partial charge in [-0.2, -0.15) is 0 Å². The summed E-state index contributed by atoms with van der Waals surface area (Å²) >= 11 is 0. The van der Waals surface area contributed by atoms with Crippen molar-refractivity contribution in [3.8, 4) is 0 Å². The van der Waals surface area contributed by atoms with Crippen LogP contribution in [0.2, 0.25) is 0 Å². The molecule has 46 valence electrons. The quantitative estimate of drug-likeness (QED) is 0.445. The molecule has 0 N–H and O–H groups in total. The van der Waals surface area contributed by atoms with Crippen molar-refractivity contribution in [2.45, 2.75) is 25.9 Å². The van der Waals surface area contributed by atoms with E-state index in [0.29, 0.717) is 5.16 Å². The minimum absolute atomic E-state index is 0. The van der Waals surface area contributed by atoms with Gasteiger partial charge in [-0.3, -0.25) is 0 Å². The molecule has 0 spiro atoms. The summed E-state index contributed by atoms with van der Waals surface area (Å²) in [5, 5.41) is 0.569. The van der Waals surface area contributed by atoms with Crippen molar-refractivity contribution >= 4 is 32.6 Å². The maximum atomic E-state index is 2.26. The van der Waals surface area contributed by atoms with Gasteiger partial charge >= 0.3 is 0 Å². The van der Waals surface area contributed by atoms with Crippen LogP contribution in [-0.4, -0.2) is 11.8 Å². The molecule has 0 saturated heterocycles. The van der Waals surface area contributed by atoms with Gasteiger partial charge in [0.15, 0.2) is 0 Å². The molecule has 0 aliphatic carbocycles. The molecule has 1 unspecified atom stereocenters. The summed E-state index contributed by atoms with van der Waals surface area (Å²) in [5.74, 6) is 0. The van der Waals surface area contributed by atoms with E-state index in [2.05, 4.69) is 27.4 Å². The van der Waals surface area contributed by atoms with Crippen molar-refractivity contribution < 1.29 is 0 Å². The Balaban J connectivity index is 0. The Kier molecular flexibility index (Phi) is 6.43. The van der Waals surface area contributed by atoms with Gasteiger partial charge in [0.2, 0.25) is 0 Å². The third kappa shape index (κ3) is 11.0. The highest BCUT2D eigenvalue weighted by Crippen LogP contribution is 2.25. The van der Waals surface area contributed by atoms with Crippen LogP contribution in [0.15, 0.2) is 0 Å². The third-order valence-corrected chi connectivity index (χ3v) is 2.25. The van der Waals surface area contributed by atoms with Gasteiger partial charge < -0.3 is 0 Å². The van der Waals surface area contributed by atoms with E-state index in [1.54, 1.807) is 0 Å². The van der Waals surface area contributed by atoms with E-state index < -0.39 is 0 Å². The first-order valence-corrected chi connectivity index (χ1v) is 3.75. The Morgan fingerprint density at radius 3 is 1.29 bits per heavy atom. The SMILES string of the molecule is CPC(C)(C)C.I. The number of hydrogen-bond donors (Lipinski definition) is 0. The topological polar surface area (TPSA) is 0 Å². The first kappa shape index (κ1) is 11.0. The molecule has 2 heteroatoms. The van der Waals surface area contributed by atoms with Crippen LogP contribution in [-0.2, 0) is 0 Å². The van der Waals surface area contributed by atoms with Crippen LogP contribution in [0.4, 0.5) is 0 Å². The van der Waals surface area contributed by atoms with Crippen LogP contribution in [0, 0.1) is 0 Å². The predicted octanol–water partition coefficient (Wildman–Crippen LogP) is 2.71. The molecule has 1 atom stereocenters. The maximum absolute atomic E-state index is 2.26. The van der Waals surface area contributed by atoms with Crippen LogP contribution < -0.4 is 0 Å². The summed E-state index contributed by atoms with van der Waals surface area (Å²) in [6, 6.07) is 0. The van der Waals surface area contributed by atoms with Crippen LogP contribution in [0.1, 0.15) is 20.8 Å². The molecule has 0 bridgehead atoms. The lowest BCUT2D eigenvalue weighted by atomic mass is 10.3. The average molecular weight is 232 g/mol. The van der Waals surface area contributed by atoms with E-state index in [-0.39, 0.29) is 24.0 Å². The summed E-state index contributed by atoms with van der Waals surface area (Å²) in [4.78, 5) is 0. The van der Waals surface area contributed by atoms with E-state index in [1.807, 2.05) is 0 Å². The molecule has 0 nitrogen and oxygen atoms in total. The summed E-state index contributed by atoms with van der Waals surface area (Å²) in [7, 11) is 1.07. The largest absolute Gasteiger partial charge is 0.120 e. The smallest absolute Gasteiger partial charge is 0.0209 e. The number of rotatable bonds is 0. The molecule has 0 saturated carbocycles. The van der Waals surface area contributed by atoms with Gasteiger partial charge in [0, 0.05) is 0 Å². The molecular formula is C5H14IP. The van der Waals surface area contributed by atoms with E-state index >= 15 is 0 Å². The standard InChI is InChI=1S/C5H13P.HI/c1-5(2,3)6-4;/h6H,1-4H3;1H. The van der Waals surface area contributed by atoms with Crippen molar-refractivity contribution in [3.63, 3.8) is 0 Å². The van der Waals surface area contributed by atoms with Crippen molar-refractivity contribution in [1.82, 2.24) is 0 Å². The van der Waals surface area contributed by atoms with E-state index in [4.69, 9.17) is 0 Å². The zero-order chi connectivity index (χ0) is 5.21. The van der Waals surface area contributed by atoms with Crippen LogP contribution >= 0.6 is 32.6 Å². The molecule has 0 aromatic rings. The Morgan fingerprint density at radius 2 is 1.29 bits per heavy atom. The lowest BCUT2D eigenvalue weighted by Gasteiger charge is -2.12. The number of halogens is 1. The average Bonchev–Trinajstić information content (AvgIpc) is 1.35. The lowest BCUT2D eigenvalue weighted by Crippen LogP contribution is -2.02. The Labute approximate surface area is 65.3 Å². The summed E-state index contributed by atoms with van der Waals surface area (Å²) < 4.78 is 0. The molecule has 0 aromatic heterocycles. The van der Waals surface area contributed by atoms with E-state index in [1.165, 1.54) is 0 Å². The van der Waals surface area contributed by atoms with Crippen LogP contribution in [0.25, 0.3) is 0 Å². The molecular weight excluding hydrogens is 218 g/mol. The molecule has 0 heterocycles. The first-order valence-electron chi connectivity index (χ1n) is 2.25. The zero-order valence-corrected chi connectivity index (χ0v) is 8.74. The van der Waals surface area contributed by atoms with Crippen LogP contribution in [0.3, 0.4) is 0 Å². The second kappa shape index (κ2) is 4.08. The van der Waals surface area contributed by atoms with Crippen molar-refractivity contribution in [3.05, 3.63) is 0 Å². The minimum atomic E-state index is 0. The molecule has 0 aromatic carbocycles. The minimum Gasteiger partial charge on any atom is -0.120 e. The molecule has 0 fully saturated rings. The van der Waals surface area contributed by atoms with Crippen molar-refractivity contribution in [2.24, 2.45) is 0 Å². The Bertz CT molecular complexity index is 37.8. The highest BCUT2D eigenvalue weighted by molar-refractivity contribution is 14.0. The van der Waals surface area contributed by atoms with Crippen LogP contribution in [0.5, 0.6) is 0 Å².